The van der Waals surface area contributed by atoms with Crippen LogP contribution in [-0.4, -0.2) is 32.5 Å². The van der Waals surface area contributed by atoms with Gasteiger partial charge in [-0.1, -0.05) is 12.1 Å². The summed E-state index contributed by atoms with van der Waals surface area (Å²) in [6.45, 7) is 1.96. The molecule has 0 saturated carbocycles. The van der Waals surface area contributed by atoms with Gasteiger partial charge in [0.15, 0.2) is 0 Å². The van der Waals surface area contributed by atoms with Crippen molar-refractivity contribution in [3.05, 3.63) is 54.6 Å². The van der Waals surface area contributed by atoms with Gasteiger partial charge < -0.3 is 14.9 Å². The third-order valence-corrected chi connectivity index (χ3v) is 4.71. The summed E-state index contributed by atoms with van der Waals surface area (Å²) in [4.78, 5) is 20.6. The Labute approximate surface area is 145 Å². The van der Waals surface area contributed by atoms with Gasteiger partial charge >= 0.3 is 0 Å². The predicted molar refractivity (Wildman–Crippen MR) is 99.1 cm³/mol. The van der Waals surface area contributed by atoms with Gasteiger partial charge in [-0.2, -0.15) is 11.8 Å². The molecule has 5 nitrogen and oxygen atoms in total. The summed E-state index contributed by atoms with van der Waals surface area (Å²) in [5.41, 5.74) is 1.90. The lowest BCUT2D eigenvalue weighted by atomic mass is 10.2. The minimum Gasteiger partial charge on any atom is -0.345 e. The smallest absolute Gasteiger partial charge is 0.243 e. The number of imidazole rings is 1. The molecule has 126 valence electrons. The first kappa shape index (κ1) is 16.6. The van der Waals surface area contributed by atoms with E-state index in [9.17, 15) is 4.79 Å². The van der Waals surface area contributed by atoms with Crippen molar-refractivity contribution in [3.63, 3.8) is 0 Å². The predicted octanol–water partition coefficient (Wildman–Crippen LogP) is 3.54. The summed E-state index contributed by atoms with van der Waals surface area (Å²) < 4.78 is 1.97. The molecule has 2 N–H and O–H groups in total. The van der Waals surface area contributed by atoms with Gasteiger partial charge in [-0.15, -0.1) is 0 Å². The number of thioether (sulfide) groups is 1. The summed E-state index contributed by atoms with van der Waals surface area (Å²) in [7, 11) is 0. The van der Waals surface area contributed by atoms with Crippen molar-refractivity contribution in [1.29, 1.82) is 0 Å². The molecule has 1 amide bonds. The average Bonchev–Trinajstić information content (AvgIpc) is 3.24. The molecule has 24 heavy (non-hydrogen) atoms. The molecule has 0 unspecified atom stereocenters. The maximum atomic E-state index is 12.8. The quantitative estimate of drug-likeness (QED) is 0.690. The van der Waals surface area contributed by atoms with Gasteiger partial charge in [-0.25, -0.2) is 4.98 Å². The maximum absolute atomic E-state index is 12.8. The van der Waals surface area contributed by atoms with Crippen LogP contribution in [0.15, 0.2) is 48.8 Å². The van der Waals surface area contributed by atoms with Gasteiger partial charge in [-0.05, 0) is 49.6 Å². The average molecular weight is 342 g/mol. The standard InChI is InChI=1S/C18H22N4OS/c1-13(17-20-14-7-3-4-8-15(14)21-17)19-18(23)16(9-12-24-2)22-10-5-6-11-22/h3-8,10-11,13,16H,9,12H2,1-2H3,(H,19,23)(H,20,21)/t13-,16-/m0/s1. The highest BCUT2D eigenvalue weighted by atomic mass is 32.2. The lowest BCUT2D eigenvalue weighted by Crippen LogP contribution is -2.34. The topological polar surface area (TPSA) is 62.7 Å². The fourth-order valence-corrected chi connectivity index (χ4v) is 3.22. The second-order valence-corrected chi connectivity index (χ2v) is 6.78. The molecule has 0 saturated heterocycles. The molecule has 1 aromatic carbocycles. The monoisotopic (exact) mass is 342 g/mol. The number of nitrogens with zero attached hydrogens (tertiary/aromatic N) is 2. The molecule has 3 rings (SSSR count). The minimum atomic E-state index is -0.195. The molecule has 0 fully saturated rings. The van der Waals surface area contributed by atoms with E-state index in [0.29, 0.717) is 0 Å². The fraction of sp³-hybridized carbons (Fsp3) is 0.333. The minimum absolute atomic E-state index is 0.0215. The summed E-state index contributed by atoms with van der Waals surface area (Å²) in [6, 6.07) is 11.4. The molecule has 6 heteroatoms. The molecule has 0 bridgehead atoms. The van der Waals surface area contributed by atoms with Gasteiger partial charge in [0.1, 0.15) is 11.9 Å². The zero-order valence-electron chi connectivity index (χ0n) is 13.9. The molecule has 0 radical (unpaired) electrons. The van der Waals surface area contributed by atoms with Gasteiger partial charge in [-0.3, -0.25) is 4.79 Å². The number of benzene rings is 1. The highest BCUT2D eigenvalue weighted by Gasteiger charge is 2.22. The van der Waals surface area contributed by atoms with Crippen LogP contribution in [-0.2, 0) is 4.79 Å². The molecule has 3 aromatic rings. The van der Waals surface area contributed by atoms with Crippen molar-refractivity contribution < 1.29 is 4.79 Å². The largest absolute Gasteiger partial charge is 0.345 e. The van der Waals surface area contributed by atoms with Crippen molar-refractivity contribution in [3.8, 4) is 0 Å². The number of carbonyl (C=O) groups excluding carboxylic acids is 1. The van der Waals surface area contributed by atoms with Gasteiger partial charge in [0.25, 0.3) is 0 Å². The number of hydrogen-bond acceptors (Lipinski definition) is 3. The van der Waals surface area contributed by atoms with Crippen LogP contribution in [0.3, 0.4) is 0 Å². The molecule has 0 spiro atoms. The van der Waals surface area contributed by atoms with Crippen molar-refractivity contribution >= 4 is 28.7 Å². The molecule has 0 aliphatic carbocycles. The van der Waals surface area contributed by atoms with E-state index < -0.39 is 0 Å². The number of para-hydroxylation sites is 2. The van der Waals surface area contributed by atoms with E-state index in [1.807, 2.05) is 60.3 Å². The summed E-state index contributed by atoms with van der Waals surface area (Å²) in [5.74, 6) is 1.74. The third-order valence-electron chi connectivity index (χ3n) is 4.06. The Morgan fingerprint density at radius 1 is 1.29 bits per heavy atom. The number of H-pyrrole nitrogens is 1. The maximum Gasteiger partial charge on any atom is 0.243 e. The molecule has 0 aliphatic rings. The van der Waals surface area contributed by atoms with Crippen LogP contribution < -0.4 is 5.32 Å². The zero-order chi connectivity index (χ0) is 16.9. The first-order chi connectivity index (χ1) is 11.7. The second kappa shape index (κ2) is 7.57. The first-order valence-electron chi connectivity index (χ1n) is 8.05. The summed E-state index contributed by atoms with van der Waals surface area (Å²) >= 11 is 1.75. The Kier molecular flexibility index (Phi) is 5.25. The van der Waals surface area contributed by atoms with Crippen molar-refractivity contribution in [1.82, 2.24) is 19.9 Å². The Bertz CT molecular complexity index is 763. The van der Waals surface area contributed by atoms with Gasteiger partial charge in [0, 0.05) is 12.4 Å². The Morgan fingerprint density at radius 2 is 2.04 bits per heavy atom. The van der Waals surface area contributed by atoms with Crippen molar-refractivity contribution in [2.24, 2.45) is 0 Å². The van der Waals surface area contributed by atoms with E-state index in [4.69, 9.17) is 0 Å². The molecular weight excluding hydrogens is 320 g/mol. The molecule has 2 aromatic heterocycles. The number of fused-ring (bicyclic) bond motifs is 1. The van der Waals surface area contributed by atoms with Crippen LogP contribution in [0, 0.1) is 0 Å². The van der Waals surface area contributed by atoms with E-state index in [2.05, 4.69) is 21.5 Å². The normalized spacial score (nSPS) is 13.8. The first-order valence-corrected chi connectivity index (χ1v) is 9.45. The molecule has 0 aliphatic heterocycles. The van der Waals surface area contributed by atoms with E-state index >= 15 is 0 Å². The van der Waals surface area contributed by atoms with Crippen LogP contribution in [0.1, 0.15) is 31.3 Å². The van der Waals surface area contributed by atoms with Crippen LogP contribution in [0.4, 0.5) is 0 Å². The second-order valence-electron chi connectivity index (χ2n) is 5.80. The van der Waals surface area contributed by atoms with Crippen LogP contribution in [0.2, 0.25) is 0 Å². The summed E-state index contributed by atoms with van der Waals surface area (Å²) in [6.07, 6.45) is 6.74. The highest BCUT2D eigenvalue weighted by Crippen LogP contribution is 2.19. The van der Waals surface area contributed by atoms with Crippen LogP contribution in [0.5, 0.6) is 0 Å². The third kappa shape index (κ3) is 3.64. The van der Waals surface area contributed by atoms with E-state index in [-0.39, 0.29) is 18.0 Å². The fourth-order valence-electron chi connectivity index (χ4n) is 2.76. The molecular formula is C18H22N4OS. The zero-order valence-corrected chi connectivity index (χ0v) is 14.7. The van der Waals surface area contributed by atoms with Crippen molar-refractivity contribution in [2.45, 2.75) is 25.4 Å². The van der Waals surface area contributed by atoms with Gasteiger partial charge in [0.05, 0.1) is 17.1 Å². The van der Waals surface area contributed by atoms with E-state index in [1.165, 1.54) is 0 Å². The number of rotatable bonds is 7. The lowest BCUT2D eigenvalue weighted by Gasteiger charge is -2.20. The van der Waals surface area contributed by atoms with Crippen molar-refractivity contribution in [2.75, 3.05) is 12.0 Å². The number of hydrogen-bond donors (Lipinski definition) is 2. The Hall–Kier alpha value is -2.21. The number of nitrogens with one attached hydrogen (secondary N) is 2. The van der Waals surface area contributed by atoms with E-state index in [1.54, 1.807) is 11.8 Å². The number of carbonyl (C=O) groups is 1. The SMILES string of the molecule is CSCC[C@@H](C(=O)N[C@@H](C)c1nc2ccccc2[nH]1)n1cccc1. The highest BCUT2D eigenvalue weighted by molar-refractivity contribution is 7.98. The van der Waals surface area contributed by atoms with E-state index in [0.717, 1.165) is 29.0 Å². The van der Waals surface area contributed by atoms with Gasteiger partial charge in [0.2, 0.25) is 5.91 Å². The Morgan fingerprint density at radius 3 is 2.75 bits per heavy atom. The number of amides is 1. The molecule has 2 heterocycles. The molecule has 2 atom stereocenters. The summed E-state index contributed by atoms with van der Waals surface area (Å²) in [5, 5.41) is 3.09. The van der Waals surface area contributed by atoms with Crippen LogP contribution in [0.25, 0.3) is 11.0 Å². The number of aromatic nitrogens is 3. The Balaban J connectivity index is 1.73. The van der Waals surface area contributed by atoms with Crippen LogP contribution >= 0.6 is 11.8 Å². The lowest BCUT2D eigenvalue weighted by molar-refractivity contribution is -0.125. The number of aromatic amines is 1.